The number of hydrogen-bond donors (Lipinski definition) is 0. The fraction of sp³-hybridized carbons (Fsp3) is 0.296. The standard InChI is InChI=1S/C11H10O.C10H9NO.3C2H6/c1-9-4-6-10(7-5-9)11-3-2-8-12-11;1-8-4-5-9(7-11-8)10-3-2-6-12-10;3*1-2/h2-8H,1H3;2-7H,1H3;3*1-2H3. The van der Waals surface area contributed by atoms with Gasteiger partial charge in [-0.1, -0.05) is 71.4 Å². The van der Waals surface area contributed by atoms with Gasteiger partial charge < -0.3 is 8.83 Å². The molecule has 0 radical (unpaired) electrons. The Morgan fingerprint density at radius 2 is 1.03 bits per heavy atom. The van der Waals surface area contributed by atoms with Gasteiger partial charge in [-0.3, -0.25) is 4.98 Å². The summed E-state index contributed by atoms with van der Waals surface area (Å²) in [6.45, 7) is 16.0. The number of benzene rings is 1. The van der Waals surface area contributed by atoms with E-state index >= 15 is 0 Å². The maximum atomic E-state index is 5.26. The lowest BCUT2D eigenvalue weighted by molar-refractivity contribution is 0.582. The molecule has 0 saturated heterocycles. The summed E-state index contributed by atoms with van der Waals surface area (Å²) in [7, 11) is 0. The third-order valence-electron chi connectivity index (χ3n) is 3.57. The third kappa shape index (κ3) is 9.42. The van der Waals surface area contributed by atoms with Crippen molar-refractivity contribution in [2.24, 2.45) is 0 Å². The van der Waals surface area contributed by atoms with Gasteiger partial charge >= 0.3 is 0 Å². The number of aryl methyl sites for hydroxylation is 2. The Bertz CT molecular complexity index is 769. The molecule has 0 atom stereocenters. The molecule has 0 amide bonds. The highest BCUT2D eigenvalue weighted by atomic mass is 16.3. The molecule has 0 aliphatic heterocycles. The maximum Gasteiger partial charge on any atom is 0.135 e. The van der Waals surface area contributed by atoms with Crippen LogP contribution >= 0.6 is 0 Å². The average Bonchev–Trinajstić information content (AvgIpc) is 3.54. The van der Waals surface area contributed by atoms with Crippen LogP contribution in [-0.2, 0) is 0 Å². The van der Waals surface area contributed by atoms with Gasteiger partial charge in [0.1, 0.15) is 11.5 Å². The summed E-state index contributed by atoms with van der Waals surface area (Å²) < 4.78 is 10.5. The first kappa shape index (κ1) is 26.9. The number of furan rings is 2. The van der Waals surface area contributed by atoms with Gasteiger partial charge in [0, 0.05) is 23.0 Å². The normalized spacial score (nSPS) is 8.67. The van der Waals surface area contributed by atoms with Crippen LogP contribution < -0.4 is 0 Å². The van der Waals surface area contributed by atoms with Crippen molar-refractivity contribution in [1.82, 2.24) is 4.98 Å². The molecule has 4 aromatic rings. The Labute approximate surface area is 182 Å². The van der Waals surface area contributed by atoms with E-state index in [1.807, 2.05) is 91.1 Å². The van der Waals surface area contributed by atoms with Crippen molar-refractivity contribution in [3.8, 4) is 22.6 Å². The van der Waals surface area contributed by atoms with Crippen LogP contribution in [0.15, 0.2) is 88.2 Å². The van der Waals surface area contributed by atoms with Crippen molar-refractivity contribution < 1.29 is 8.83 Å². The summed E-state index contributed by atoms with van der Waals surface area (Å²) in [5, 5.41) is 0. The lowest BCUT2D eigenvalue weighted by Gasteiger charge is -1.96. The minimum Gasteiger partial charge on any atom is -0.464 e. The van der Waals surface area contributed by atoms with Crippen molar-refractivity contribution in [1.29, 1.82) is 0 Å². The molecule has 3 heterocycles. The molecule has 0 bridgehead atoms. The first-order valence-electron chi connectivity index (χ1n) is 10.8. The molecule has 0 aliphatic rings. The fourth-order valence-corrected chi connectivity index (χ4v) is 2.22. The van der Waals surface area contributed by atoms with Gasteiger partial charge in [-0.05, 0) is 50.2 Å². The highest BCUT2D eigenvalue weighted by Crippen LogP contribution is 2.19. The summed E-state index contributed by atoms with van der Waals surface area (Å²) in [5.41, 5.74) is 4.44. The van der Waals surface area contributed by atoms with E-state index in [1.54, 1.807) is 12.5 Å². The Kier molecular flexibility index (Phi) is 15.1. The SMILES string of the molecule is CC.CC.CC.Cc1ccc(-c2ccco2)cc1.Cc1ccc(-c2ccco2)cn1. The van der Waals surface area contributed by atoms with Crippen LogP contribution in [0.4, 0.5) is 0 Å². The van der Waals surface area contributed by atoms with E-state index in [-0.39, 0.29) is 0 Å². The van der Waals surface area contributed by atoms with E-state index in [0.717, 1.165) is 28.3 Å². The monoisotopic (exact) mass is 407 g/mol. The molecule has 0 fully saturated rings. The lowest BCUT2D eigenvalue weighted by Crippen LogP contribution is -1.80. The van der Waals surface area contributed by atoms with Crippen LogP contribution in [0.2, 0.25) is 0 Å². The summed E-state index contributed by atoms with van der Waals surface area (Å²) >= 11 is 0. The van der Waals surface area contributed by atoms with Crippen LogP contribution in [-0.4, -0.2) is 4.98 Å². The van der Waals surface area contributed by atoms with Gasteiger partial charge in [0.05, 0.1) is 12.5 Å². The maximum absolute atomic E-state index is 5.26. The van der Waals surface area contributed by atoms with Gasteiger partial charge in [0.2, 0.25) is 0 Å². The van der Waals surface area contributed by atoms with Gasteiger partial charge in [0.15, 0.2) is 0 Å². The molecular weight excluding hydrogens is 370 g/mol. The van der Waals surface area contributed by atoms with E-state index in [2.05, 4.69) is 36.2 Å². The van der Waals surface area contributed by atoms with Crippen LogP contribution in [0.3, 0.4) is 0 Å². The molecule has 0 spiro atoms. The predicted octanol–water partition coefficient (Wildman–Crippen LogP) is 8.98. The van der Waals surface area contributed by atoms with Gasteiger partial charge in [-0.15, -0.1) is 0 Å². The van der Waals surface area contributed by atoms with Crippen LogP contribution in [0.25, 0.3) is 22.6 Å². The second-order valence-corrected chi connectivity index (χ2v) is 5.51. The molecule has 4 rings (SSSR count). The minimum absolute atomic E-state index is 0.863. The minimum atomic E-state index is 0.863. The highest BCUT2D eigenvalue weighted by Gasteiger charge is 1.99. The Balaban J connectivity index is 0.000000450. The zero-order valence-electron chi connectivity index (χ0n) is 19.8. The number of nitrogens with zero attached hydrogens (tertiary/aromatic N) is 1. The second kappa shape index (κ2) is 16.8. The molecule has 1 aromatic carbocycles. The smallest absolute Gasteiger partial charge is 0.135 e. The van der Waals surface area contributed by atoms with E-state index < -0.39 is 0 Å². The molecule has 3 heteroatoms. The van der Waals surface area contributed by atoms with Gasteiger partial charge in [-0.2, -0.15) is 0 Å². The van der Waals surface area contributed by atoms with Crippen LogP contribution in [0.1, 0.15) is 52.8 Å². The van der Waals surface area contributed by atoms with Crippen molar-refractivity contribution in [3.05, 3.63) is 90.6 Å². The third-order valence-corrected chi connectivity index (χ3v) is 3.57. The first-order valence-corrected chi connectivity index (χ1v) is 10.8. The number of rotatable bonds is 2. The van der Waals surface area contributed by atoms with E-state index in [4.69, 9.17) is 8.83 Å². The Morgan fingerprint density at radius 3 is 1.43 bits per heavy atom. The molecule has 30 heavy (non-hydrogen) atoms. The molecule has 3 nitrogen and oxygen atoms in total. The largest absolute Gasteiger partial charge is 0.464 e. The first-order chi connectivity index (χ1) is 14.7. The summed E-state index contributed by atoms with van der Waals surface area (Å²) in [5.74, 6) is 1.79. The molecule has 0 aliphatic carbocycles. The predicted molar refractivity (Wildman–Crippen MR) is 130 cm³/mol. The molecule has 0 saturated carbocycles. The quantitative estimate of drug-likeness (QED) is 0.333. The second-order valence-electron chi connectivity index (χ2n) is 5.51. The van der Waals surface area contributed by atoms with Gasteiger partial charge in [0.25, 0.3) is 0 Å². The molecule has 0 unspecified atom stereocenters. The average molecular weight is 408 g/mol. The Morgan fingerprint density at radius 1 is 0.567 bits per heavy atom. The lowest BCUT2D eigenvalue weighted by atomic mass is 10.1. The van der Waals surface area contributed by atoms with E-state index in [9.17, 15) is 0 Å². The summed E-state index contributed by atoms with van der Waals surface area (Å²) in [4.78, 5) is 4.18. The summed E-state index contributed by atoms with van der Waals surface area (Å²) in [6, 6.07) is 19.9. The van der Waals surface area contributed by atoms with E-state index in [1.165, 1.54) is 5.56 Å². The topological polar surface area (TPSA) is 39.2 Å². The van der Waals surface area contributed by atoms with Crippen molar-refractivity contribution >= 4 is 0 Å². The zero-order chi connectivity index (χ0) is 22.8. The molecular formula is C27H37NO2. The fourth-order valence-electron chi connectivity index (χ4n) is 2.22. The Hall–Kier alpha value is -3.07. The number of hydrogen-bond acceptors (Lipinski definition) is 3. The van der Waals surface area contributed by atoms with Crippen molar-refractivity contribution in [3.63, 3.8) is 0 Å². The van der Waals surface area contributed by atoms with Crippen LogP contribution in [0.5, 0.6) is 0 Å². The van der Waals surface area contributed by atoms with Gasteiger partial charge in [-0.25, -0.2) is 0 Å². The van der Waals surface area contributed by atoms with Crippen molar-refractivity contribution in [2.45, 2.75) is 55.4 Å². The number of pyridine rings is 1. The highest BCUT2D eigenvalue weighted by molar-refractivity contribution is 5.57. The van der Waals surface area contributed by atoms with Crippen molar-refractivity contribution in [2.75, 3.05) is 0 Å². The molecule has 0 N–H and O–H groups in total. The molecule has 162 valence electrons. The van der Waals surface area contributed by atoms with E-state index in [0.29, 0.717) is 0 Å². The molecule has 3 aromatic heterocycles. The number of aromatic nitrogens is 1. The van der Waals surface area contributed by atoms with Crippen LogP contribution in [0, 0.1) is 13.8 Å². The zero-order valence-corrected chi connectivity index (χ0v) is 19.8. The summed E-state index contributed by atoms with van der Waals surface area (Å²) in [6.07, 6.45) is 5.17.